The maximum atomic E-state index is 10.5. The molecule has 0 aliphatic heterocycles. The molecule has 1 atom stereocenters. The van der Waals surface area contributed by atoms with Crippen LogP contribution in [0, 0.1) is 5.41 Å². The molecule has 0 saturated carbocycles. The van der Waals surface area contributed by atoms with Gasteiger partial charge in [-0.05, 0) is 6.42 Å². The Bertz CT molecular complexity index is 278. The molecule has 0 bridgehead atoms. The van der Waals surface area contributed by atoms with Crippen molar-refractivity contribution in [1.82, 2.24) is 0 Å². The molecule has 0 aromatic heterocycles. The molecule has 19 heavy (non-hydrogen) atoms. The molecule has 8 nitrogen and oxygen atoms in total. The van der Waals surface area contributed by atoms with Crippen molar-refractivity contribution >= 4 is 11.9 Å². The third-order valence-corrected chi connectivity index (χ3v) is 2.88. The zero-order valence-electron chi connectivity index (χ0n) is 10.5. The molecule has 8 heteroatoms. The van der Waals surface area contributed by atoms with E-state index in [0.717, 1.165) is 0 Å². The lowest BCUT2D eigenvalue weighted by Crippen LogP contribution is -2.47. The molecule has 0 aliphatic rings. The van der Waals surface area contributed by atoms with E-state index in [4.69, 9.17) is 14.9 Å². The van der Waals surface area contributed by atoms with Crippen molar-refractivity contribution < 1.29 is 39.9 Å². The van der Waals surface area contributed by atoms with Crippen molar-refractivity contribution in [3.8, 4) is 0 Å². The second-order valence-corrected chi connectivity index (χ2v) is 4.27. The summed E-state index contributed by atoms with van der Waals surface area (Å²) in [5, 5.41) is 44.9. The zero-order valence-corrected chi connectivity index (χ0v) is 10.5. The number of aliphatic hydroxyl groups is 3. The molecule has 0 fully saturated rings. The largest absolute Gasteiger partial charge is 0.481 e. The Balaban J connectivity index is 4.70. The van der Waals surface area contributed by atoms with Crippen LogP contribution in [0.3, 0.4) is 0 Å². The molecule has 1 unspecified atom stereocenters. The Labute approximate surface area is 110 Å². The summed E-state index contributed by atoms with van der Waals surface area (Å²) >= 11 is 0. The number of hydrogen-bond donors (Lipinski definition) is 5. The Kier molecular flexibility index (Phi) is 8.24. The third kappa shape index (κ3) is 5.97. The summed E-state index contributed by atoms with van der Waals surface area (Å²) in [4.78, 5) is 20.9. The molecule has 112 valence electrons. The van der Waals surface area contributed by atoms with E-state index in [1.54, 1.807) is 0 Å². The van der Waals surface area contributed by atoms with Crippen LogP contribution in [0.25, 0.3) is 0 Å². The molecule has 0 rings (SSSR count). The Morgan fingerprint density at radius 1 is 0.947 bits per heavy atom. The minimum Gasteiger partial charge on any atom is -0.481 e. The summed E-state index contributed by atoms with van der Waals surface area (Å²) in [6.07, 6.45) is -1.55. The minimum absolute atomic E-state index is 0.0450. The summed E-state index contributed by atoms with van der Waals surface area (Å²) in [6.45, 7) is -1.99. The normalized spacial score (nSPS) is 13.2. The molecule has 0 aromatic carbocycles. The van der Waals surface area contributed by atoms with Crippen molar-refractivity contribution in [2.45, 2.75) is 25.4 Å². The fourth-order valence-electron chi connectivity index (χ4n) is 1.56. The minimum atomic E-state index is -1.39. The highest BCUT2D eigenvalue weighted by atomic mass is 16.5. The molecule has 0 amide bonds. The lowest BCUT2D eigenvalue weighted by atomic mass is 9.82. The number of aliphatic carboxylic acids is 2. The number of hydrogen-bond acceptors (Lipinski definition) is 6. The predicted molar refractivity (Wildman–Crippen MR) is 62.6 cm³/mol. The van der Waals surface area contributed by atoms with Crippen LogP contribution in [0.1, 0.15) is 19.3 Å². The average Bonchev–Trinajstić information content (AvgIpc) is 2.37. The maximum Gasteiger partial charge on any atom is 0.305 e. The standard InChI is InChI=1S/C11H20O8/c12-5-11(6-13,7-14)8(1-2-9(15)16)19-4-3-10(17)18/h8,12-14H,1-7H2,(H,15,16)(H,17,18). The van der Waals surface area contributed by atoms with Gasteiger partial charge in [0, 0.05) is 6.42 Å². The van der Waals surface area contributed by atoms with Crippen molar-refractivity contribution in [2.75, 3.05) is 26.4 Å². The van der Waals surface area contributed by atoms with Crippen LogP contribution in [-0.4, -0.2) is 70.0 Å². The van der Waals surface area contributed by atoms with Gasteiger partial charge in [0.1, 0.15) is 0 Å². The number of rotatable bonds is 11. The van der Waals surface area contributed by atoms with Gasteiger partial charge in [-0.3, -0.25) is 9.59 Å². The van der Waals surface area contributed by atoms with Crippen molar-refractivity contribution in [2.24, 2.45) is 5.41 Å². The first kappa shape index (κ1) is 17.8. The van der Waals surface area contributed by atoms with Gasteiger partial charge >= 0.3 is 11.9 Å². The smallest absolute Gasteiger partial charge is 0.305 e. The van der Waals surface area contributed by atoms with Crippen LogP contribution in [0.5, 0.6) is 0 Å². The van der Waals surface area contributed by atoms with E-state index in [2.05, 4.69) is 0 Å². The highest BCUT2D eigenvalue weighted by Gasteiger charge is 2.38. The summed E-state index contributed by atoms with van der Waals surface area (Å²) in [7, 11) is 0. The molecule has 0 aliphatic carbocycles. The molecule has 0 heterocycles. The monoisotopic (exact) mass is 280 g/mol. The first-order valence-corrected chi connectivity index (χ1v) is 5.79. The molecule has 0 aromatic rings. The van der Waals surface area contributed by atoms with Crippen LogP contribution in [-0.2, 0) is 14.3 Å². The molecule has 0 saturated heterocycles. The van der Waals surface area contributed by atoms with Gasteiger partial charge in [0.05, 0.1) is 44.4 Å². The van der Waals surface area contributed by atoms with Crippen molar-refractivity contribution in [1.29, 1.82) is 0 Å². The van der Waals surface area contributed by atoms with E-state index in [-0.39, 0.29) is 25.9 Å². The van der Waals surface area contributed by atoms with E-state index in [0.29, 0.717) is 0 Å². The van der Waals surface area contributed by atoms with Gasteiger partial charge in [-0.1, -0.05) is 0 Å². The highest BCUT2D eigenvalue weighted by molar-refractivity contribution is 5.67. The molecule has 0 spiro atoms. The van der Waals surface area contributed by atoms with Crippen LogP contribution in [0.2, 0.25) is 0 Å². The quantitative estimate of drug-likeness (QED) is 0.313. The van der Waals surface area contributed by atoms with E-state index >= 15 is 0 Å². The van der Waals surface area contributed by atoms with Gasteiger partial charge in [-0.25, -0.2) is 0 Å². The molecular formula is C11H20O8. The van der Waals surface area contributed by atoms with Crippen LogP contribution in [0.4, 0.5) is 0 Å². The fourth-order valence-corrected chi connectivity index (χ4v) is 1.56. The lowest BCUT2D eigenvalue weighted by molar-refractivity contribution is -0.147. The van der Waals surface area contributed by atoms with E-state index in [1.807, 2.05) is 0 Å². The van der Waals surface area contributed by atoms with Crippen LogP contribution >= 0.6 is 0 Å². The summed E-state index contributed by atoms with van der Waals surface area (Å²) in [5.41, 5.74) is -1.39. The number of carboxylic acid groups (broad SMARTS) is 2. The van der Waals surface area contributed by atoms with Crippen LogP contribution in [0.15, 0.2) is 0 Å². The number of aliphatic hydroxyl groups excluding tert-OH is 3. The molecule has 5 N–H and O–H groups in total. The zero-order chi connectivity index (χ0) is 14.9. The molecule has 0 radical (unpaired) electrons. The highest BCUT2D eigenvalue weighted by Crippen LogP contribution is 2.27. The summed E-state index contributed by atoms with van der Waals surface area (Å²) in [5.74, 6) is -2.17. The Hall–Kier alpha value is -1.22. The average molecular weight is 280 g/mol. The van der Waals surface area contributed by atoms with Crippen molar-refractivity contribution in [3.05, 3.63) is 0 Å². The number of ether oxygens (including phenoxy) is 1. The summed E-state index contributed by atoms with van der Waals surface area (Å²) in [6, 6.07) is 0. The van der Waals surface area contributed by atoms with E-state index < -0.39 is 43.3 Å². The van der Waals surface area contributed by atoms with E-state index in [9.17, 15) is 24.9 Å². The van der Waals surface area contributed by atoms with Gasteiger partial charge in [-0.2, -0.15) is 0 Å². The van der Waals surface area contributed by atoms with Crippen molar-refractivity contribution in [3.63, 3.8) is 0 Å². The lowest BCUT2D eigenvalue weighted by Gasteiger charge is -2.36. The topological polar surface area (TPSA) is 145 Å². The summed E-state index contributed by atoms with van der Waals surface area (Å²) < 4.78 is 5.22. The maximum absolute atomic E-state index is 10.5. The van der Waals surface area contributed by atoms with Gasteiger partial charge < -0.3 is 30.3 Å². The number of carboxylic acids is 2. The second kappa shape index (κ2) is 8.81. The Morgan fingerprint density at radius 2 is 1.42 bits per heavy atom. The SMILES string of the molecule is O=C(O)CCOC(CCC(=O)O)C(CO)(CO)CO. The Morgan fingerprint density at radius 3 is 1.79 bits per heavy atom. The number of carbonyl (C=O) groups is 2. The van der Waals surface area contributed by atoms with Crippen LogP contribution < -0.4 is 0 Å². The van der Waals surface area contributed by atoms with Gasteiger partial charge in [0.2, 0.25) is 0 Å². The van der Waals surface area contributed by atoms with Gasteiger partial charge in [-0.15, -0.1) is 0 Å². The van der Waals surface area contributed by atoms with Gasteiger partial charge in [0.25, 0.3) is 0 Å². The molecular weight excluding hydrogens is 260 g/mol. The predicted octanol–water partition coefficient (Wildman–Crippen LogP) is -1.33. The third-order valence-electron chi connectivity index (χ3n) is 2.88. The van der Waals surface area contributed by atoms with E-state index in [1.165, 1.54) is 0 Å². The first-order valence-electron chi connectivity index (χ1n) is 5.79. The second-order valence-electron chi connectivity index (χ2n) is 4.27. The van der Waals surface area contributed by atoms with Gasteiger partial charge in [0.15, 0.2) is 0 Å². The first-order chi connectivity index (χ1) is 8.91. The fraction of sp³-hybridized carbons (Fsp3) is 0.818.